The van der Waals surface area contributed by atoms with E-state index in [9.17, 15) is 19.2 Å². The molecule has 0 spiro atoms. The van der Waals surface area contributed by atoms with Crippen LogP contribution in [0.2, 0.25) is 0 Å². The van der Waals surface area contributed by atoms with E-state index in [1.165, 1.54) is 0 Å². The van der Waals surface area contributed by atoms with Crippen LogP contribution in [0, 0.1) is 23.7 Å². The van der Waals surface area contributed by atoms with Gasteiger partial charge in [0.2, 0.25) is 0 Å². The molecule has 2 aliphatic rings. The summed E-state index contributed by atoms with van der Waals surface area (Å²) >= 11 is 0. The zero-order valence-corrected chi connectivity index (χ0v) is 27.0. The number of nitrogens with zero attached hydrogens (tertiary/aromatic N) is 2. The number of hydrogen-bond donors (Lipinski definition) is 2. The van der Waals surface area contributed by atoms with Gasteiger partial charge in [-0.05, 0) is 117 Å². The van der Waals surface area contributed by atoms with Gasteiger partial charge in [-0.25, -0.2) is 9.59 Å². The molecule has 0 radical (unpaired) electrons. The fraction of sp³-hybridized carbons (Fsp3) is 0.879. The van der Waals surface area contributed by atoms with Crippen molar-refractivity contribution >= 4 is 24.8 Å². The Kier molecular flexibility index (Phi) is 19.6. The molecule has 0 unspecified atom stereocenters. The lowest BCUT2D eigenvalue weighted by atomic mass is 9.84. The lowest BCUT2D eigenvalue weighted by Crippen LogP contribution is -2.42. The normalized spacial score (nSPS) is 16.7. The van der Waals surface area contributed by atoms with Gasteiger partial charge < -0.3 is 39.1 Å². The van der Waals surface area contributed by atoms with E-state index >= 15 is 0 Å². The number of amides is 2. The van der Waals surface area contributed by atoms with Gasteiger partial charge in [-0.1, -0.05) is 7.43 Å². The van der Waals surface area contributed by atoms with Crippen molar-refractivity contribution in [2.24, 2.45) is 23.7 Å². The van der Waals surface area contributed by atoms with Gasteiger partial charge in [0.05, 0.1) is 0 Å². The molecule has 2 N–H and O–H groups in total. The summed E-state index contributed by atoms with van der Waals surface area (Å²) in [6.07, 6.45) is 9.42. The summed E-state index contributed by atoms with van der Waals surface area (Å²) in [5.74, 6) is 1.59. The summed E-state index contributed by atoms with van der Waals surface area (Å²) in [5, 5.41) is 18.1. The van der Waals surface area contributed by atoms with Gasteiger partial charge in [0.25, 0.3) is 0 Å². The quantitative estimate of drug-likeness (QED) is 0.261. The molecule has 2 saturated heterocycles. The Bertz CT molecular complexity index is 776. The number of hydrogen-bond acceptors (Lipinski definition) is 8. The van der Waals surface area contributed by atoms with Gasteiger partial charge in [-0.3, -0.25) is 0 Å². The summed E-state index contributed by atoms with van der Waals surface area (Å²) in [6, 6.07) is 0. The minimum Gasteiger partial charge on any atom is -0.444 e. The minimum absolute atomic E-state index is 0. The van der Waals surface area contributed by atoms with Crippen LogP contribution in [0.5, 0.6) is 0 Å². The lowest BCUT2D eigenvalue weighted by Gasteiger charge is -2.34. The first kappa shape index (κ1) is 40.8. The zero-order valence-electron chi connectivity index (χ0n) is 27.0. The Hall–Kier alpha value is -2.20. The molecule has 0 aromatic carbocycles. The number of aliphatic hydroxyl groups excluding tert-OH is 2. The van der Waals surface area contributed by atoms with Crippen LogP contribution in [-0.4, -0.2) is 95.4 Å². The number of aliphatic hydroxyl groups is 2. The molecule has 2 rings (SSSR count). The molecule has 2 heterocycles. The van der Waals surface area contributed by atoms with E-state index in [4.69, 9.17) is 19.7 Å². The standard InChI is InChI=1S/C16H31NO4.C16H27NO4.CH4/c2*1-16(2,3)21-15(20)17-8-4-13(5-9-17)12-14(6-10-18)7-11-19;/h13-14,18-19H,4-12H2,1-3H3;10-11,13-14H,4-9,12H2,1-3H3;1H4. The highest BCUT2D eigenvalue weighted by Crippen LogP contribution is 2.29. The van der Waals surface area contributed by atoms with Crippen LogP contribution in [-0.2, 0) is 19.1 Å². The first-order chi connectivity index (χ1) is 19.7. The Morgan fingerprint density at radius 1 is 0.698 bits per heavy atom. The fourth-order valence-electron chi connectivity index (χ4n) is 5.60. The van der Waals surface area contributed by atoms with E-state index in [0.717, 1.165) is 77.0 Å². The predicted molar refractivity (Wildman–Crippen MR) is 169 cm³/mol. The van der Waals surface area contributed by atoms with E-state index < -0.39 is 11.2 Å². The van der Waals surface area contributed by atoms with Gasteiger partial charge in [0.15, 0.2) is 0 Å². The second-order valence-electron chi connectivity index (χ2n) is 13.9. The highest BCUT2D eigenvalue weighted by atomic mass is 16.6. The SMILES string of the molecule is C.CC(C)(C)OC(=O)N1CCC(CC(CC=O)CC=O)CC1.CC(C)(C)OC(=O)N1CCC(CC(CCO)CCO)CC1. The van der Waals surface area contributed by atoms with Crippen molar-refractivity contribution in [3.8, 4) is 0 Å². The molecular weight excluding hydrogens is 552 g/mol. The van der Waals surface area contributed by atoms with Gasteiger partial charge in [-0.2, -0.15) is 0 Å². The van der Waals surface area contributed by atoms with Crippen LogP contribution in [0.4, 0.5) is 9.59 Å². The topological polar surface area (TPSA) is 134 Å². The van der Waals surface area contributed by atoms with Crippen molar-refractivity contribution in [2.45, 2.75) is 124 Å². The Labute approximate surface area is 260 Å². The summed E-state index contributed by atoms with van der Waals surface area (Å²) in [4.78, 5) is 48.7. The molecule has 0 aromatic rings. The molecule has 0 saturated carbocycles. The largest absolute Gasteiger partial charge is 0.444 e. The second kappa shape index (κ2) is 20.7. The van der Waals surface area contributed by atoms with Crippen molar-refractivity contribution in [1.29, 1.82) is 0 Å². The van der Waals surface area contributed by atoms with Crippen molar-refractivity contribution in [3.05, 3.63) is 0 Å². The van der Waals surface area contributed by atoms with Crippen molar-refractivity contribution in [3.63, 3.8) is 0 Å². The van der Waals surface area contributed by atoms with Crippen LogP contribution in [0.1, 0.15) is 113 Å². The number of carbonyl (C=O) groups excluding carboxylic acids is 4. The van der Waals surface area contributed by atoms with Gasteiger partial charge in [0.1, 0.15) is 23.8 Å². The fourth-order valence-corrected chi connectivity index (χ4v) is 5.60. The molecule has 2 fully saturated rings. The molecule has 0 aliphatic carbocycles. The van der Waals surface area contributed by atoms with Crippen molar-refractivity contribution in [2.75, 3.05) is 39.4 Å². The third-order valence-electron chi connectivity index (χ3n) is 7.80. The third kappa shape index (κ3) is 18.3. The predicted octanol–water partition coefficient (Wildman–Crippen LogP) is 5.86. The maximum atomic E-state index is 12.0. The Balaban J connectivity index is 0.000000802. The van der Waals surface area contributed by atoms with Crippen LogP contribution < -0.4 is 0 Å². The molecular formula is C33H62N2O8. The van der Waals surface area contributed by atoms with E-state index in [-0.39, 0.29) is 38.7 Å². The van der Waals surface area contributed by atoms with E-state index in [1.807, 2.05) is 41.5 Å². The number of piperidine rings is 2. The van der Waals surface area contributed by atoms with Gasteiger partial charge in [0, 0.05) is 52.2 Å². The molecule has 10 nitrogen and oxygen atoms in total. The van der Waals surface area contributed by atoms with Crippen LogP contribution in [0.25, 0.3) is 0 Å². The molecule has 252 valence electrons. The van der Waals surface area contributed by atoms with Crippen LogP contribution in [0.15, 0.2) is 0 Å². The maximum absolute atomic E-state index is 12.0. The second-order valence-corrected chi connectivity index (χ2v) is 13.9. The maximum Gasteiger partial charge on any atom is 0.410 e. The smallest absolute Gasteiger partial charge is 0.410 e. The number of carbonyl (C=O) groups is 4. The summed E-state index contributed by atoms with van der Waals surface area (Å²) < 4.78 is 10.8. The minimum atomic E-state index is -0.465. The Morgan fingerprint density at radius 2 is 1.02 bits per heavy atom. The van der Waals surface area contributed by atoms with Crippen molar-refractivity contribution < 1.29 is 38.9 Å². The molecule has 0 bridgehead atoms. The first-order valence-electron chi connectivity index (χ1n) is 15.8. The highest BCUT2D eigenvalue weighted by Gasteiger charge is 2.29. The van der Waals surface area contributed by atoms with Crippen LogP contribution >= 0.6 is 0 Å². The van der Waals surface area contributed by atoms with Crippen LogP contribution in [0.3, 0.4) is 0 Å². The van der Waals surface area contributed by atoms with E-state index in [0.29, 0.717) is 43.7 Å². The first-order valence-corrected chi connectivity index (χ1v) is 15.8. The highest BCUT2D eigenvalue weighted by molar-refractivity contribution is 5.68. The average Bonchev–Trinajstić information content (AvgIpc) is 2.88. The molecule has 2 aliphatic heterocycles. The summed E-state index contributed by atoms with van der Waals surface area (Å²) in [5.41, 5.74) is -0.909. The third-order valence-corrected chi connectivity index (χ3v) is 7.80. The summed E-state index contributed by atoms with van der Waals surface area (Å²) in [7, 11) is 0. The van der Waals surface area contributed by atoms with E-state index in [2.05, 4.69) is 0 Å². The number of likely N-dealkylation sites (tertiary alicyclic amines) is 2. The van der Waals surface area contributed by atoms with Crippen molar-refractivity contribution in [1.82, 2.24) is 9.80 Å². The number of rotatable bonds is 12. The molecule has 0 aromatic heterocycles. The molecule has 0 atom stereocenters. The molecule has 2 amide bonds. The average molecular weight is 615 g/mol. The zero-order chi connectivity index (χ0) is 31.8. The number of aldehydes is 2. The van der Waals surface area contributed by atoms with Gasteiger partial charge >= 0.3 is 12.2 Å². The monoisotopic (exact) mass is 614 g/mol. The summed E-state index contributed by atoms with van der Waals surface area (Å²) in [6.45, 7) is 14.5. The molecule has 43 heavy (non-hydrogen) atoms. The Morgan fingerprint density at radius 3 is 1.30 bits per heavy atom. The number of ether oxygens (including phenoxy) is 2. The lowest BCUT2D eigenvalue weighted by molar-refractivity contribution is -0.110. The van der Waals surface area contributed by atoms with E-state index in [1.54, 1.807) is 9.80 Å². The molecule has 10 heteroatoms. The van der Waals surface area contributed by atoms with Gasteiger partial charge in [-0.15, -0.1) is 0 Å².